The molecule has 1 rings (SSSR count). The molecule has 0 saturated heterocycles. The van der Waals surface area contributed by atoms with Crippen molar-refractivity contribution in [3.05, 3.63) is 29.8 Å². The van der Waals surface area contributed by atoms with Crippen molar-refractivity contribution in [2.75, 3.05) is 25.0 Å². The first-order chi connectivity index (χ1) is 9.06. The number of benzene rings is 1. The Hall–Kier alpha value is -1.68. The van der Waals surface area contributed by atoms with Crippen LogP contribution in [-0.4, -0.2) is 36.2 Å². The van der Waals surface area contributed by atoms with Crippen LogP contribution >= 0.6 is 0 Å². The highest BCUT2D eigenvalue weighted by Gasteiger charge is 2.06. The Kier molecular flexibility index (Phi) is 6.22. The van der Waals surface area contributed by atoms with Crippen molar-refractivity contribution in [1.82, 2.24) is 4.90 Å². The summed E-state index contributed by atoms with van der Waals surface area (Å²) in [5.74, 6) is 0.0295. The smallest absolute Gasteiger partial charge is 0.225 e. The lowest BCUT2D eigenvalue weighted by molar-refractivity contribution is -0.116. The molecule has 0 bridgehead atoms. The molecule has 0 aliphatic rings. The number of rotatable bonds is 7. The molecule has 104 valence electrons. The number of nitrogens with one attached hydrogen (secondary N) is 1. The molecule has 0 atom stereocenters. The maximum absolute atomic E-state index is 11.8. The van der Waals surface area contributed by atoms with Crippen LogP contribution in [-0.2, 0) is 4.79 Å². The third kappa shape index (κ3) is 5.22. The molecule has 1 amide bonds. The number of ketones is 1. The van der Waals surface area contributed by atoms with Crippen LogP contribution in [0.25, 0.3) is 0 Å². The lowest BCUT2D eigenvalue weighted by atomic mass is 10.1. The van der Waals surface area contributed by atoms with Gasteiger partial charge in [0.05, 0.1) is 0 Å². The van der Waals surface area contributed by atoms with Crippen LogP contribution in [0.15, 0.2) is 24.3 Å². The zero-order valence-corrected chi connectivity index (χ0v) is 11.9. The number of carbonyl (C=O) groups excluding carboxylic acids is 2. The van der Waals surface area contributed by atoms with Crippen molar-refractivity contribution in [3.8, 4) is 0 Å². The van der Waals surface area contributed by atoms with Gasteiger partial charge in [-0.1, -0.05) is 13.8 Å². The van der Waals surface area contributed by atoms with Gasteiger partial charge in [0.15, 0.2) is 5.78 Å². The summed E-state index contributed by atoms with van der Waals surface area (Å²) in [6, 6.07) is 6.96. The zero-order chi connectivity index (χ0) is 14.3. The number of carbonyl (C=O) groups is 2. The third-order valence-electron chi connectivity index (χ3n) is 3.12. The lowest BCUT2D eigenvalue weighted by Gasteiger charge is -2.17. The number of hydrogen-bond acceptors (Lipinski definition) is 3. The van der Waals surface area contributed by atoms with E-state index in [0.29, 0.717) is 12.0 Å². The highest BCUT2D eigenvalue weighted by atomic mass is 16.1. The van der Waals surface area contributed by atoms with E-state index in [1.807, 2.05) is 0 Å². The molecule has 0 fully saturated rings. The average Bonchev–Trinajstić information content (AvgIpc) is 2.40. The van der Waals surface area contributed by atoms with Gasteiger partial charge < -0.3 is 10.2 Å². The zero-order valence-electron chi connectivity index (χ0n) is 11.9. The van der Waals surface area contributed by atoms with Gasteiger partial charge in [-0.15, -0.1) is 0 Å². The Balaban J connectivity index is 2.46. The predicted molar refractivity (Wildman–Crippen MR) is 77.5 cm³/mol. The van der Waals surface area contributed by atoms with Crippen LogP contribution in [0.5, 0.6) is 0 Å². The SMILES string of the molecule is CCN(CC)CCC(=O)Nc1ccc(C(C)=O)cc1. The van der Waals surface area contributed by atoms with Crippen molar-refractivity contribution in [3.63, 3.8) is 0 Å². The van der Waals surface area contributed by atoms with E-state index in [4.69, 9.17) is 0 Å². The van der Waals surface area contributed by atoms with Gasteiger partial charge in [0.2, 0.25) is 5.91 Å². The van der Waals surface area contributed by atoms with E-state index in [9.17, 15) is 9.59 Å². The second-order valence-corrected chi connectivity index (χ2v) is 4.46. The number of Topliss-reactive ketones (excluding diaryl/α,β-unsaturated/α-hetero) is 1. The van der Waals surface area contributed by atoms with E-state index < -0.39 is 0 Å². The number of nitrogens with zero attached hydrogens (tertiary/aromatic N) is 1. The fraction of sp³-hybridized carbons (Fsp3) is 0.467. The van der Waals surface area contributed by atoms with Crippen LogP contribution in [0, 0.1) is 0 Å². The summed E-state index contributed by atoms with van der Waals surface area (Å²) in [5, 5.41) is 2.83. The molecule has 0 aliphatic heterocycles. The molecule has 19 heavy (non-hydrogen) atoms. The van der Waals surface area contributed by atoms with E-state index in [1.165, 1.54) is 6.92 Å². The van der Waals surface area contributed by atoms with Crippen LogP contribution in [0.4, 0.5) is 5.69 Å². The molecule has 1 aromatic rings. The highest BCUT2D eigenvalue weighted by Crippen LogP contribution is 2.10. The number of hydrogen-bond donors (Lipinski definition) is 1. The molecule has 0 spiro atoms. The molecule has 0 saturated carbocycles. The van der Waals surface area contributed by atoms with Gasteiger partial charge in [-0.2, -0.15) is 0 Å². The van der Waals surface area contributed by atoms with E-state index in [2.05, 4.69) is 24.1 Å². The van der Waals surface area contributed by atoms with Gasteiger partial charge in [0, 0.05) is 24.2 Å². The van der Waals surface area contributed by atoms with Crippen LogP contribution in [0.2, 0.25) is 0 Å². The molecule has 4 heteroatoms. The largest absolute Gasteiger partial charge is 0.326 e. The van der Waals surface area contributed by atoms with E-state index in [1.54, 1.807) is 24.3 Å². The second-order valence-electron chi connectivity index (χ2n) is 4.46. The minimum Gasteiger partial charge on any atom is -0.326 e. The van der Waals surface area contributed by atoms with Crippen molar-refractivity contribution < 1.29 is 9.59 Å². The van der Waals surface area contributed by atoms with Gasteiger partial charge in [-0.05, 0) is 44.3 Å². The first-order valence-corrected chi connectivity index (χ1v) is 6.70. The summed E-state index contributed by atoms with van der Waals surface area (Å²) in [6.45, 7) is 8.37. The minimum atomic E-state index is 0.00229. The molecule has 0 aromatic heterocycles. The Bertz CT molecular complexity index is 422. The summed E-state index contributed by atoms with van der Waals surface area (Å²) >= 11 is 0. The fourth-order valence-electron chi connectivity index (χ4n) is 1.81. The standard InChI is InChI=1S/C15H22N2O2/c1-4-17(5-2)11-10-15(19)16-14-8-6-13(7-9-14)12(3)18/h6-9H,4-5,10-11H2,1-3H3,(H,16,19). The topological polar surface area (TPSA) is 49.4 Å². The van der Waals surface area contributed by atoms with Crippen LogP contribution in [0.3, 0.4) is 0 Å². The third-order valence-corrected chi connectivity index (χ3v) is 3.12. The fourth-order valence-corrected chi connectivity index (χ4v) is 1.81. The summed E-state index contributed by atoms with van der Waals surface area (Å²) < 4.78 is 0. The molecule has 0 heterocycles. The van der Waals surface area contributed by atoms with Crippen molar-refractivity contribution in [1.29, 1.82) is 0 Å². The second kappa shape index (κ2) is 7.69. The Morgan fingerprint density at radius 1 is 1.11 bits per heavy atom. The quantitative estimate of drug-likeness (QED) is 0.768. The van der Waals surface area contributed by atoms with Crippen molar-refractivity contribution >= 4 is 17.4 Å². The minimum absolute atomic E-state index is 0.00229. The Morgan fingerprint density at radius 3 is 2.16 bits per heavy atom. The summed E-state index contributed by atoms with van der Waals surface area (Å²) in [6.07, 6.45) is 0.482. The average molecular weight is 262 g/mol. The lowest BCUT2D eigenvalue weighted by Crippen LogP contribution is -2.27. The number of amides is 1. The van der Waals surface area contributed by atoms with Gasteiger partial charge >= 0.3 is 0 Å². The Labute approximate surface area is 114 Å². The molecular weight excluding hydrogens is 240 g/mol. The molecule has 1 aromatic carbocycles. The van der Waals surface area contributed by atoms with Gasteiger partial charge in [0.25, 0.3) is 0 Å². The maximum Gasteiger partial charge on any atom is 0.225 e. The van der Waals surface area contributed by atoms with Gasteiger partial charge in [0.1, 0.15) is 0 Å². The normalized spacial score (nSPS) is 10.5. The maximum atomic E-state index is 11.8. The highest BCUT2D eigenvalue weighted by molar-refractivity contribution is 5.95. The van der Waals surface area contributed by atoms with Crippen LogP contribution < -0.4 is 5.32 Å². The van der Waals surface area contributed by atoms with E-state index >= 15 is 0 Å². The molecule has 0 aliphatic carbocycles. The Morgan fingerprint density at radius 2 is 1.68 bits per heavy atom. The predicted octanol–water partition coefficient (Wildman–Crippen LogP) is 2.56. The van der Waals surface area contributed by atoms with Gasteiger partial charge in [-0.25, -0.2) is 0 Å². The molecule has 0 radical (unpaired) electrons. The van der Waals surface area contributed by atoms with Gasteiger partial charge in [-0.3, -0.25) is 9.59 Å². The monoisotopic (exact) mass is 262 g/mol. The first-order valence-electron chi connectivity index (χ1n) is 6.70. The van der Waals surface area contributed by atoms with Crippen LogP contribution in [0.1, 0.15) is 37.6 Å². The van der Waals surface area contributed by atoms with Crippen molar-refractivity contribution in [2.45, 2.75) is 27.2 Å². The summed E-state index contributed by atoms with van der Waals surface area (Å²) in [7, 11) is 0. The molecular formula is C15H22N2O2. The van der Waals surface area contributed by atoms with E-state index in [-0.39, 0.29) is 11.7 Å². The summed E-state index contributed by atoms with van der Waals surface area (Å²) in [4.78, 5) is 25.1. The van der Waals surface area contributed by atoms with Crippen molar-refractivity contribution in [2.24, 2.45) is 0 Å². The first kappa shape index (κ1) is 15.4. The molecule has 1 N–H and O–H groups in total. The molecule has 0 unspecified atom stereocenters. The number of anilines is 1. The van der Waals surface area contributed by atoms with E-state index in [0.717, 1.165) is 25.3 Å². The summed E-state index contributed by atoms with van der Waals surface area (Å²) in [5.41, 5.74) is 1.38. The molecule has 4 nitrogen and oxygen atoms in total.